The summed E-state index contributed by atoms with van der Waals surface area (Å²) in [5.41, 5.74) is 7.02. The third-order valence-corrected chi connectivity index (χ3v) is 3.91. The van der Waals surface area contributed by atoms with E-state index >= 15 is 0 Å². The number of thiophene rings is 1. The van der Waals surface area contributed by atoms with Crippen LogP contribution in [0.25, 0.3) is 0 Å². The molecule has 0 bridgehead atoms. The Bertz CT molecular complexity index is 524. The van der Waals surface area contributed by atoms with E-state index in [-0.39, 0.29) is 6.04 Å². The Balaban J connectivity index is 2.20. The average Bonchev–Trinajstić information content (AvgIpc) is 2.74. The number of pyridine rings is 1. The first-order valence-corrected chi connectivity index (χ1v) is 6.93. The summed E-state index contributed by atoms with van der Waals surface area (Å²) in [6.45, 7) is 2.75. The Morgan fingerprint density at radius 2 is 2.22 bits per heavy atom. The summed E-state index contributed by atoms with van der Waals surface area (Å²) in [6, 6.07) is 7.87. The number of nitrogens with two attached hydrogens (primary N) is 1. The molecule has 0 aliphatic heterocycles. The van der Waals surface area contributed by atoms with Gasteiger partial charge in [0.2, 0.25) is 0 Å². The molecule has 2 aromatic heterocycles. The number of anilines is 1. The van der Waals surface area contributed by atoms with Gasteiger partial charge >= 0.3 is 0 Å². The van der Waals surface area contributed by atoms with Crippen molar-refractivity contribution in [3.8, 4) is 0 Å². The summed E-state index contributed by atoms with van der Waals surface area (Å²) in [6.07, 6.45) is 1.79. The van der Waals surface area contributed by atoms with Crippen LogP contribution in [0.5, 0.6) is 0 Å². The lowest BCUT2D eigenvalue weighted by Gasteiger charge is -2.21. The van der Waals surface area contributed by atoms with Gasteiger partial charge in [-0.2, -0.15) is 0 Å². The maximum atomic E-state index is 5.96. The standard InChI is InChI=1S/C13H16ClN3S/c1-9(15)11-4-3-7-16-13(11)17(2)8-10-5-6-12(14)18-10/h3-7,9H,8,15H2,1-2H3. The molecule has 18 heavy (non-hydrogen) atoms. The van der Waals surface area contributed by atoms with Crippen LogP contribution in [0, 0.1) is 0 Å². The molecular weight excluding hydrogens is 266 g/mol. The van der Waals surface area contributed by atoms with Gasteiger partial charge in [-0.05, 0) is 25.1 Å². The number of nitrogens with zero attached hydrogens (tertiary/aromatic N) is 2. The lowest BCUT2D eigenvalue weighted by molar-refractivity contribution is 0.790. The highest BCUT2D eigenvalue weighted by molar-refractivity contribution is 7.16. The van der Waals surface area contributed by atoms with Gasteiger partial charge in [0.25, 0.3) is 0 Å². The number of rotatable bonds is 4. The Hall–Kier alpha value is -1.10. The summed E-state index contributed by atoms with van der Waals surface area (Å²) in [7, 11) is 2.02. The molecule has 2 rings (SSSR count). The summed E-state index contributed by atoms with van der Waals surface area (Å²) >= 11 is 7.53. The average molecular weight is 282 g/mol. The van der Waals surface area contributed by atoms with Crippen molar-refractivity contribution in [3.05, 3.63) is 45.2 Å². The van der Waals surface area contributed by atoms with E-state index in [1.807, 2.05) is 38.2 Å². The van der Waals surface area contributed by atoms with Crippen LogP contribution in [-0.4, -0.2) is 12.0 Å². The zero-order chi connectivity index (χ0) is 13.1. The van der Waals surface area contributed by atoms with Crippen molar-refractivity contribution in [1.29, 1.82) is 0 Å². The van der Waals surface area contributed by atoms with Gasteiger partial charge in [0.05, 0.1) is 10.9 Å². The molecular formula is C13H16ClN3S. The van der Waals surface area contributed by atoms with Crippen molar-refractivity contribution in [3.63, 3.8) is 0 Å². The molecule has 0 saturated carbocycles. The van der Waals surface area contributed by atoms with E-state index in [4.69, 9.17) is 17.3 Å². The van der Waals surface area contributed by atoms with Gasteiger partial charge in [0.15, 0.2) is 0 Å². The van der Waals surface area contributed by atoms with Crippen molar-refractivity contribution in [2.24, 2.45) is 5.73 Å². The van der Waals surface area contributed by atoms with Crippen LogP contribution in [0.15, 0.2) is 30.5 Å². The van der Waals surface area contributed by atoms with Crippen LogP contribution in [0.3, 0.4) is 0 Å². The highest BCUT2D eigenvalue weighted by atomic mass is 35.5. The van der Waals surface area contributed by atoms with E-state index in [2.05, 4.69) is 9.88 Å². The second kappa shape index (κ2) is 5.69. The van der Waals surface area contributed by atoms with E-state index in [0.29, 0.717) is 0 Å². The third kappa shape index (κ3) is 3.02. The van der Waals surface area contributed by atoms with Gasteiger partial charge in [0, 0.05) is 29.7 Å². The zero-order valence-electron chi connectivity index (χ0n) is 10.4. The fourth-order valence-electron chi connectivity index (χ4n) is 1.83. The molecule has 0 aliphatic carbocycles. The summed E-state index contributed by atoms with van der Waals surface area (Å²) < 4.78 is 0.812. The molecule has 2 heterocycles. The third-order valence-electron chi connectivity index (χ3n) is 2.69. The highest BCUT2D eigenvalue weighted by Crippen LogP contribution is 2.26. The van der Waals surface area contributed by atoms with Crippen LogP contribution in [0.1, 0.15) is 23.4 Å². The molecule has 2 aromatic rings. The van der Waals surface area contributed by atoms with Crippen molar-refractivity contribution in [2.75, 3.05) is 11.9 Å². The Labute approximate surface area is 116 Å². The SMILES string of the molecule is CC(N)c1cccnc1N(C)Cc1ccc(Cl)s1. The Morgan fingerprint density at radius 3 is 2.83 bits per heavy atom. The lowest BCUT2D eigenvalue weighted by Crippen LogP contribution is -2.21. The second-order valence-electron chi connectivity index (χ2n) is 4.27. The number of hydrogen-bond acceptors (Lipinski definition) is 4. The van der Waals surface area contributed by atoms with Crippen LogP contribution in [-0.2, 0) is 6.54 Å². The minimum absolute atomic E-state index is 0.0249. The Kier molecular flexibility index (Phi) is 4.22. The van der Waals surface area contributed by atoms with E-state index in [1.54, 1.807) is 17.5 Å². The van der Waals surface area contributed by atoms with Crippen LogP contribution >= 0.6 is 22.9 Å². The first-order chi connectivity index (χ1) is 8.58. The van der Waals surface area contributed by atoms with E-state index in [0.717, 1.165) is 22.3 Å². The van der Waals surface area contributed by atoms with E-state index in [1.165, 1.54) is 4.88 Å². The van der Waals surface area contributed by atoms with Gasteiger partial charge in [-0.25, -0.2) is 4.98 Å². The predicted molar refractivity (Wildman–Crippen MR) is 78.3 cm³/mol. The van der Waals surface area contributed by atoms with Crippen LogP contribution < -0.4 is 10.6 Å². The van der Waals surface area contributed by atoms with Gasteiger partial charge < -0.3 is 10.6 Å². The minimum atomic E-state index is -0.0249. The van der Waals surface area contributed by atoms with Gasteiger partial charge in [-0.15, -0.1) is 11.3 Å². The molecule has 1 unspecified atom stereocenters. The molecule has 2 N–H and O–H groups in total. The summed E-state index contributed by atoms with van der Waals surface area (Å²) in [5.74, 6) is 0.928. The maximum Gasteiger partial charge on any atom is 0.133 e. The first kappa shape index (κ1) is 13.3. The fourth-order valence-corrected chi connectivity index (χ4v) is 2.97. The van der Waals surface area contributed by atoms with Gasteiger partial charge in [0.1, 0.15) is 5.82 Å². The lowest BCUT2D eigenvalue weighted by atomic mass is 10.1. The van der Waals surface area contributed by atoms with Crippen molar-refractivity contribution in [1.82, 2.24) is 4.98 Å². The normalized spacial score (nSPS) is 12.4. The molecule has 3 nitrogen and oxygen atoms in total. The highest BCUT2D eigenvalue weighted by Gasteiger charge is 2.12. The van der Waals surface area contributed by atoms with E-state index < -0.39 is 0 Å². The summed E-state index contributed by atoms with van der Waals surface area (Å²) in [4.78, 5) is 7.73. The quantitative estimate of drug-likeness (QED) is 0.933. The fraction of sp³-hybridized carbons (Fsp3) is 0.308. The minimum Gasteiger partial charge on any atom is -0.354 e. The molecule has 0 saturated heterocycles. The zero-order valence-corrected chi connectivity index (χ0v) is 12.0. The monoisotopic (exact) mass is 281 g/mol. The molecule has 0 spiro atoms. The van der Waals surface area contributed by atoms with Gasteiger partial charge in [-0.1, -0.05) is 17.7 Å². The number of halogens is 1. The van der Waals surface area contributed by atoms with Crippen molar-refractivity contribution >= 4 is 28.8 Å². The Morgan fingerprint density at radius 1 is 1.44 bits per heavy atom. The molecule has 5 heteroatoms. The second-order valence-corrected chi connectivity index (χ2v) is 6.07. The molecule has 1 atom stereocenters. The molecule has 0 fully saturated rings. The molecule has 0 aromatic carbocycles. The van der Waals surface area contributed by atoms with Crippen molar-refractivity contribution in [2.45, 2.75) is 19.5 Å². The predicted octanol–water partition coefficient (Wildman–Crippen LogP) is 3.45. The topological polar surface area (TPSA) is 42.1 Å². The van der Waals surface area contributed by atoms with Crippen LogP contribution in [0.4, 0.5) is 5.82 Å². The van der Waals surface area contributed by atoms with Crippen LogP contribution in [0.2, 0.25) is 4.34 Å². The van der Waals surface area contributed by atoms with Gasteiger partial charge in [-0.3, -0.25) is 0 Å². The molecule has 0 radical (unpaired) electrons. The van der Waals surface area contributed by atoms with E-state index in [9.17, 15) is 0 Å². The smallest absolute Gasteiger partial charge is 0.133 e. The largest absolute Gasteiger partial charge is 0.354 e. The number of hydrogen-bond donors (Lipinski definition) is 1. The summed E-state index contributed by atoms with van der Waals surface area (Å²) in [5, 5.41) is 0. The molecule has 96 valence electrons. The first-order valence-electron chi connectivity index (χ1n) is 5.74. The number of aromatic nitrogens is 1. The maximum absolute atomic E-state index is 5.96. The molecule has 0 aliphatic rings. The van der Waals surface area contributed by atoms with Crippen molar-refractivity contribution < 1.29 is 0 Å². The molecule has 0 amide bonds.